The summed E-state index contributed by atoms with van der Waals surface area (Å²) in [4.78, 5) is 36.1. The number of ketones is 1. The van der Waals surface area contributed by atoms with E-state index in [-0.39, 0.29) is 12.4 Å². The van der Waals surface area contributed by atoms with Crippen molar-refractivity contribution in [1.82, 2.24) is 9.97 Å². The Labute approximate surface area is 241 Å². The number of para-hydroxylation sites is 2. The zero-order valence-corrected chi connectivity index (χ0v) is 24.5. The van der Waals surface area contributed by atoms with Crippen LogP contribution in [0, 0.1) is 18.8 Å². The molecule has 1 aliphatic rings. The van der Waals surface area contributed by atoms with Gasteiger partial charge in [0.15, 0.2) is 17.1 Å². The first-order chi connectivity index (χ1) is 19.9. The fraction of sp³-hybridized carbons (Fsp3) is 0.471. The molecule has 5 rings (SSSR count). The van der Waals surface area contributed by atoms with Crippen molar-refractivity contribution < 1.29 is 13.9 Å². The first-order valence-electron chi connectivity index (χ1n) is 15.0. The van der Waals surface area contributed by atoms with E-state index in [9.17, 15) is 9.59 Å². The largest absolute Gasteiger partial charge is 0.482 e. The number of aromatic nitrogens is 2. The maximum absolute atomic E-state index is 12.5. The molecule has 2 heterocycles. The minimum absolute atomic E-state index is 0.000462. The van der Waals surface area contributed by atoms with Gasteiger partial charge in [-0.1, -0.05) is 62.8 Å². The van der Waals surface area contributed by atoms with Crippen LogP contribution in [0.3, 0.4) is 0 Å². The van der Waals surface area contributed by atoms with Crippen LogP contribution in [-0.2, 0) is 11.2 Å². The Bertz CT molecular complexity index is 1550. The normalized spacial score (nSPS) is 17.1. The summed E-state index contributed by atoms with van der Waals surface area (Å²) in [6, 6.07) is 15.2. The van der Waals surface area contributed by atoms with Gasteiger partial charge in [0.05, 0.1) is 5.52 Å². The molecule has 0 bridgehead atoms. The number of benzene rings is 2. The number of aryl methyl sites for hydroxylation is 2. The molecule has 0 aliphatic heterocycles. The van der Waals surface area contributed by atoms with Crippen LogP contribution in [0.1, 0.15) is 69.2 Å². The molecule has 0 spiro atoms. The zero-order chi connectivity index (χ0) is 28.8. The van der Waals surface area contributed by atoms with Crippen molar-refractivity contribution in [2.75, 3.05) is 25.6 Å². The second kappa shape index (κ2) is 13.3. The van der Waals surface area contributed by atoms with Gasteiger partial charge in [-0.05, 0) is 55.4 Å². The third kappa shape index (κ3) is 7.32. The molecule has 7 nitrogen and oxygen atoms in total. The summed E-state index contributed by atoms with van der Waals surface area (Å²) in [5.74, 6) is 3.95. The van der Waals surface area contributed by atoms with Crippen LogP contribution in [0.15, 0.2) is 57.7 Å². The first kappa shape index (κ1) is 28.8. The molecule has 0 amide bonds. The number of Topliss-reactive ketones (excluding diaryl/α,β-unsaturated/α-hetero) is 1. The standard InChI is InChI=1S/C34H41N3O4/c1-23-21-32(39)41-33-27(23)13-8-15-30(33)40-22-26(38)11-6-9-24-17-19-25(20-18-24)10-7-16-31-35-29-14-5-4-12-28(29)34(36-31)37(2)3/h4-5,8,12-15,21,24-25H,6-7,9-11,16-20,22H2,1-3H3. The van der Waals surface area contributed by atoms with Gasteiger partial charge in [0.2, 0.25) is 0 Å². The molecule has 216 valence electrons. The number of rotatable bonds is 12. The van der Waals surface area contributed by atoms with Crippen molar-refractivity contribution in [2.45, 2.75) is 71.1 Å². The van der Waals surface area contributed by atoms with Gasteiger partial charge in [-0.25, -0.2) is 14.8 Å². The average Bonchev–Trinajstić information content (AvgIpc) is 2.96. The summed E-state index contributed by atoms with van der Waals surface area (Å²) >= 11 is 0. The quantitative estimate of drug-likeness (QED) is 0.173. The number of nitrogens with zero attached hydrogens (tertiary/aromatic N) is 3. The number of ether oxygens (including phenoxy) is 1. The fourth-order valence-electron chi connectivity index (χ4n) is 6.17. The molecular weight excluding hydrogens is 514 g/mol. The monoisotopic (exact) mass is 555 g/mol. The highest BCUT2D eigenvalue weighted by Gasteiger charge is 2.21. The van der Waals surface area contributed by atoms with Crippen molar-refractivity contribution in [3.8, 4) is 5.75 Å². The second-order valence-electron chi connectivity index (χ2n) is 11.8. The first-order valence-corrected chi connectivity index (χ1v) is 15.0. The molecule has 41 heavy (non-hydrogen) atoms. The highest BCUT2D eigenvalue weighted by molar-refractivity contribution is 5.89. The lowest BCUT2D eigenvalue weighted by molar-refractivity contribution is -0.121. The van der Waals surface area contributed by atoms with E-state index in [4.69, 9.17) is 19.1 Å². The maximum atomic E-state index is 12.5. The maximum Gasteiger partial charge on any atom is 0.336 e. The van der Waals surface area contributed by atoms with Crippen LogP contribution in [0.2, 0.25) is 0 Å². The Morgan fingerprint density at radius 2 is 1.66 bits per heavy atom. The second-order valence-corrected chi connectivity index (χ2v) is 11.8. The molecule has 2 aromatic carbocycles. The van der Waals surface area contributed by atoms with Crippen LogP contribution >= 0.6 is 0 Å². The number of hydrogen-bond acceptors (Lipinski definition) is 7. The van der Waals surface area contributed by atoms with Gasteiger partial charge < -0.3 is 14.1 Å². The van der Waals surface area contributed by atoms with Crippen LogP contribution in [0.25, 0.3) is 21.9 Å². The van der Waals surface area contributed by atoms with Gasteiger partial charge in [-0.2, -0.15) is 0 Å². The summed E-state index contributed by atoms with van der Waals surface area (Å²) in [5, 5.41) is 1.93. The highest BCUT2D eigenvalue weighted by atomic mass is 16.5. The Kier molecular flexibility index (Phi) is 9.32. The minimum atomic E-state index is -0.412. The SMILES string of the molecule is Cc1cc(=O)oc2c(OCC(=O)CCCC3CCC(CCCc4nc(N(C)C)c5ccccc5n4)CC3)cccc12. The van der Waals surface area contributed by atoms with Crippen molar-refractivity contribution >= 4 is 33.5 Å². The molecule has 1 fully saturated rings. The lowest BCUT2D eigenvalue weighted by Gasteiger charge is -2.28. The van der Waals surface area contributed by atoms with Gasteiger partial charge in [-0.15, -0.1) is 0 Å². The average molecular weight is 556 g/mol. The van der Waals surface area contributed by atoms with E-state index in [2.05, 4.69) is 17.0 Å². The predicted molar refractivity (Wildman–Crippen MR) is 164 cm³/mol. The summed E-state index contributed by atoms with van der Waals surface area (Å²) < 4.78 is 11.1. The summed E-state index contributed by atoms with van der Waals surface area (Å²) in [6.07, 6.45) is 10.8. The molecule has 1 saturated carbocycles. The Morgan fingerprint density at radius 3 is 2.41 bits per heavy atom. The van der Waals surface area contributed by atoms with E-state index in [0.717, 1.165) is 65.1 Å². The summed E-state index contributed by atoms with van der Waals surface area (Å²) in [5.41, 5.74) is 1.85. The topological polar surface area (TPSA) is 85.5 Å². The van der Waals surface area contributed by atoms with E-state index in [1.807, 2.05) is 45.3 Å². The predicted octanol–water partition coefficient (Wildman–Crippen LogP) is 7.06. The van der Waals surface area contributed by atoms with Gasteiger partial charge in [0.25, 0.3) is 0 Å². The number of carbonyl (C=O) groups is 1. The van der Waals surface area contributed by atoms with Gasteiger partial charge in [0.1, 0.15) is 18.2 Å². The number of fused-ring (bicyclic) bond motifs is 2. The van der Waals surface area contributed by atoms with Gasteiger partial charge in [0, 0.05) is 43.8 Å². The van der Waals surface area contributed by atoms with E-state index in [1.165, 1.54) is 38.2 Å². The summed E-state index contributed by atoms with van der Waals surface area (Å²) in [6.45, 7) is 1.87. The van der Waals surface area contributed by atoms with E-state index in [1.54, 1.807) is 6.07 Å². The lowest BCUT2D eigenvalue weighted by atomic mass is 9.78. The molecule has 7 heteroatoms. The molecular formula is C34H41N3O4. The highest BCUT2D eigenvalue weighted by Crippen LogP contribution is 2.34. The third-order valence-electron chi connectivity index (χ3n) is 8.43. The summed E-state index contributed by atoms with van der Waals surface area (Å²) in [7, 11) is 4.07. The zero-order valence-electron chi connectivity index (χ0n) is 24.5. The fourth-order valence-corrected chi connectivity index (χ4v) is 6.17. The van der Waals surface area contributed by atoms with Crippen LogP contribution < -0.4 is 15.3 Å². The molecule has 1 aliphatic carbocycles. The minimum Gasteiger partial charge on any atom is -0.482 e. The van der Waals surface area contributed by atoms with Crippen molar-refractivity contribution in [3.63, 3.8) is 0 Å². The van der Waals surface area contributed by atoms with E-state index in [0.29, 0.717) is 23.7 Å². The third-order valence-corrected chi connectivity index (χ3v) is 8.43. The van der Waals surface area contributed by atoms with E-state index >= 15 is 0 Å². The molecule has 0 radical (unpaired) electrons. The molecule has 0 atom stereocenters. The van der Waals surface area contributed by atoms with Crippen molar-refractivity contribution in [3.05, 3.63) is 70.3 Å². The molecule has 2 aromatic heterocycles. The Hall–Kier alpha value is -3.74. The molecule has 0 saturated heterocycles. The van der Waals surface area contributed by atoms with Crippen LogP contribution in [0.4, 0.5) is 5.82 Å². The number of hydrogen-bond donors (Lipinski definition) is 0. The van der Waals surface area contributed by atoms with Crippen molar-refractivity contribution in [2.24, 2.45) is 11.8 Å². The smallest absolute Gasteiger partial charge is 0.336 e. The van der Waals surface area contributed by atoms with Gasteiger partial charge in [-0.3, -0.25) is 4.79 Å². The van der Waals surface area contributed by atoms with Crippen LogP contribution in [-0.4, -0.2) is 36.5 Å². The molecule has 0 N–H and O–H groups in total. The lowest BCUT2D eigenvalue weighted by Crippen LogP contribution is -2.16. The van der Waals surface area contributed by atoms with Gasteiger partial charge >= 0.3 is 5.63 Å². The number of anilines is 1. The molecule has 0 unspecified atom stereocenters. The van der Waals surface area contributed by atoms with Crippen molar-refractivity contribution in [1.29, 1.82) is 0 Å². The van der Waals surface area contributed by atoms with Crippen LogP contribution in [0.5, 0.6) is 5.75 Å². The van der Waals surface area contributed by atoms with E-state index < -0.39 is 5.63 Å². The Morgan fingerprint density at radius 1 is 0.951 bits per heavy atom. The Balaban J connectivity index is 1.00. The molecule has 4 aromatic rings. The number of carbonyl (C=O) groups excluding carboxylic acids is 1.